The molecule has 0 radical (unpaired) electrons. The molecule has 0 spiro atoms. The molecule has 0 heterocycles. The van der Waals surface area contributed by atoms with Gasteiger partial charge in [-0.2, -0.15) is 0 Å². The minimum atomic E-state index is -0.857. The van der Waals surface area contributed by atoms with Crippen LogP contribution in [0.1, 0.15) is 264 Å². The molecule has 2 atom stereocenters. The van der Waals surface area contributed by atoms with E-state index < -0.39 is 12.1 Å². The van der Waals surface area contributed by atoms with Crippen molar-refractivity contribution in [3.05, 3.63) is 36.5 Å². The van der Waals surface area contributed by atoms with E-state index in [-0.39, 0.29) is 18.5 Å². The number of hydrogen-bond donors (Lipinski definition) is 3. The number of carbonyl (C=O) groups excluding carboxylic acids is 2. The zero-order valence-corrected chi connectivity index (χ0v) is 39.2. The Bertz CT molecular complexity index is 962. The molecule has 6 nitrogen and oxygen atoms in total. The Morgan fingerprint density at radius 2 is 0.847 bits per heavy atom. The minimum Gasteiger partial charge on any atom is -0.466 e. The second-order valence-electron chi connectivity index (χ2n) is 17.5. The molecule has 0 bridgehead atoms. The van der Waals surface area contributed by atoms with Gasteiger partial charge in [-0.1, -0.05) is 224 Å². The van der Waals surface area contributed by atoms with Crippen LogP contribution in [0.5, 0.6) is 0 Å². The minimum absolute atomic E-state index is 0.0294. The second-order valence-corrected chi connectivity index (χ2v) is 17.5. The Labute approximate surface area is 366 Å². The normalized spacial score (nSPS) is 12.9. The number of nitrogens with one attached hydrogen (secondary N) is 1. The maximum absolute atomic E-state index is 12.4. The third kappa shape index (κ3) is 45.4. The van der Waals surface area contributed by atoms with Crippen molar-refractivity contribution in [1.29, 1.82) is 0 Å². The molecule has 0 aromatic rings. The first-order valence-electron chi connectivity index (χ1n) is 25.8. The highest BCUT2D eigenvalue weighted by Crippen LogP contribution is 2.15. The Balaban J connectivity index is 3.52. The number of allylic oxidation sites excluding steroid dienone is 5. The van der Waals surface area contributed by atoms with Gasteiger partial charge in [-0.25, -0.2) is 0 Å². The molecule has 0 aliphatic carbocycles. The van der Waals surface area contributed by atoms with Crippen LogP contribution in [0.15, 0.2) is 36.5 Å². The van der Waals surface area contributed by atoms with E-state index in [9.17, 15) is 19.8 Å². The monoisotopic (exact) mass is 830 g/mol. The number of carbonyl (C=O) groups is 2. The molecule has 1 amide bonds. The molecule has 0 aromatic heterocycles. The summed E-state index contributed by atoms with van der Waals surface area (Å²) in [7, 11) is 0. The third-order valence-electron chi connectivity index (χ3n) is 11.7. The summed E-state index contributed by atoms with van der Waals surface area (Å²) >= 11 is 0. The average Bonchev–Trinajstić information content (AvgIpc) is 3.24. The molecule has 3 N–H and O–H groups in total. The highest BCUT2D eigenvalue weighted by Gasteiger charge is 2.18. The maximum Gasteiger partial charge on any atom is 0.305 e. The number of amides is 1. The molecule has 0 saturated carbocycles. The Hall–Kier alpha value is -1.92. The van der Waals surface area contributed by atoms with Gasteiger partial charge in [0.25, 0.3) is 0 Å². The smallest absolute Gasteiger partial charge is 0.305 e. The molecular formula is C53H99NO5. The van der Waals surface area contributed by atoms with Crippen LogP contribution in [0.2, 0.25) is 0 Å². The summed E-state index contributed by atoms with van der Waals surface area (Å²) in [5.74, 6) is -0.117. The largest absolute Gasteiger partial charge is 0.466 e. The van der Waals surface area contributed by atoms with Crippen molar-refractivity contribution in [2.24, 2.45) is 0 Å². The summed E-state index contributed by atoms with van der Waals surface area (Å²) < 4.78 is 5.45. The van der Waals surface area contributed by atoms with Gasteiger partial charge >= 0.3 is 5.97 Å². The lowest BCUT2D eigenvalue weighted by Gasteiger charge is -2.20. The number of ether oxygens (including phenoxy) is 1. The zero-order chi connectivity index (χ0) is 43.0. The molecule has 0 saturated heterocycles. The first kappa shape index (κ1) is 57.1. The van der Waals surface area contributed by atoms with E-state index in [0.29, 0.717) is 19.4 Å². The van der Waals surface area contributed by atoms with Crippen molar-refractivity contribution in [3.8, 4) is 0 Å². The van der Waals surface area contributed by atoms with Gasteiger partial charge in [0.1, 0.15) is 0 Å². The van der Waals surface area contributed by atoms with Crippen LogP contribution < -0.4 is 5.32 Å². The summed E-state index contributed by atoms with van der Waals surface area (Å²) in [5, 5.41) is 23.0. The van der Waals surface area contributed by atoms with Crippen molar-refractivity contribution in [2.45, 2.75) is 276 Å². The third-order valence-corrected chi connectivity index (χ3v) is 11.7. The molecule has 6 heteroatoms. The molecule has 59 heavy (non-hydrogen) atoms. The van der Waals surface area contributed by atoms with Gasteiger partial charge in [0.2, 0.25) is 5.91 Å². The molecule has 0 rings (SSSR count). The highest BCUT2D eigenvalue weighted by atomic mass is 16.5. The predicted molar refractivity (Wildman–Crippen MR) is 255 cm³/mol. The van der Waals surface area contributed by atoms with Gasteiger partial charge in [0.05, 0.1) is 25.4 Å². The molecule has 2 unspecified atom stereocenters. The van der Waals surface area contributed by atoms with Crippen LogP contribution >= 0.6 is 0 Å². The number of unbranched alkanes of at least 4 members (excludes halogenated alkanes) is 32. The summed E-state index contributed by atoms with van der Waals surface area (Å²) in [6, 6.07) is -0.643. The van der Waals surface area contributed by atoms with Crippen molar-refractivity contribution >= 4 is 11.9 Å². The summed E-state index contributed by atoms with van der Waals surface area (Å²) in [4.78, 5) is 24.5. The lowest BCUT2D eigenvalue weighted by Crippen LogP contribution is -2.45. The SMILES string of the molecule is CCCCCC/C=C\C/C=C\CCCCCCCC(=O)OCCCCCCCCCCCCCC(=O)NC(CO)C(O)/C=C/CCCCCCCCCCCCCCC. The van der Waals surface area contributed by atoms with Crippen LogP contribution in [0, 0.1) is 0 Å². The van der Waals surface area contributed by atoms with Crippen LogP contribution in [0.3, 0.4) is 0 Å². The topological polar surface area (TPSA) is 95.9 Å². The zero-order valence-electron chi connectivity index (χ0n) is 39.2. The number of esters is 1. The number of aliphatic hydroxyl groups is 2. The lowest BCUT2D eigenvalue weighted by atomic mass is 10.0. The fourth-order valence-electron chi connectivity index (χ4n) is 7.66. The fourth-order valence-corrected chi connectivity index (χ4v) is 7.66. The second kappa shape index (κ2) is 48.7. The van der Waals surface area contributed by atoms with Gasteiger partial charge < -0.3 is 20.3 Å². The van der Waals surface area contributed by atoms with E-state index in [4.69, 9.17) is 4.74 Å². The molecule has 0 aliphatic rings. The van der Waals surface area contributed by atoms with Crippen LogP contribution in [-0.4, -0.2) is 47.4 Å². The number of aliphatic hydroxyl groups excluding tert-OH is 2. The maximum atomic E-state index is 12.4. The molecule has 0 aliphatic heterocycles. The van der Waals surface area contributed by atoms with Gasteiger partial charge in [0, 0.05) is 12.8 Å². The van der Waals surface area contributed by atoms with Crippen molar-refractivity contribution in [1.82, 2.24) is 5.32 Å². The Kier molecular flexibility index (Phi) is 47.2. The van der Waals surface area contributed by atoms with Crippen molar-refractivity contribution in [2.75, 3.05) is 13.2 Å². The van der Waals surface area contributed by atoms with E-state index >= 15 is 0 Å². The quantitative estimate of drug-likeness (QED) is 0.0323. The highest BCUT2D eigenvalue weighted by molar-refractivity contribution is 5.76. The van der Waals surface area contributed by atoms with E-state index in [1.54, 1.807) is 6.08 Å². The standard InChI is InChI=1S/C53H99NO5/c1-3-5-7-9-11-13-15-17-19-21-23-27-31-35-39-43-47-53(58)59-48-44-40-36-32-28-24-26-30-34-38-42-46-52(57)54-50(49-55)51(56)45-41-37-33-29-25-22-20-18-16-14-12-10-8-6-4-2/h13,15,19,21,41,45,50-51,55-56H,3-12,14,16-18,20,22-40,42-44,46-49H2,1-2H3,(H,54,57)/b15-13-,21-19-,45-41+. The van der Waals surface area contributed by atoms with Gasteiger partial charge in [-0.15, -0.1) is 0 Å². The summed E-state index contributed by atoms with van der Waals surface area (Å²) in [6.07, 6.45) is 58.5. The van der Waals surface area contributed by atoms with Gasteiger partial charge in [-0.3, -0.25) is 9.59 Å². The van der Waals surface area contributed by atoms with Crippen LogP contribution in [0.4, 0.5) is 0 Å². The number of hydrogen-bond acceptors (Lipinski definition) is 5. The number of rotatable bonds is 47. The Morgan fingerprint density at radius 3 is 1.31 bits per heavy atom. The molecule has 0 fully saturated rings. The fraction of sp³-hybridized carbons (Fsp3) is 0.849. The van der Waals surface area contributed by atoms with Crippen molar-refractivity contribution in [3.63, 3.8) is 0 Å². The average molecular weight is 830 g/mol. The lowest BCUT2D eigenvalue weighted by molar-refractivity contribution is -0.143. The summed E-state index contributed by atoms with van der Waals surface area (Å²) in [6.45, 7) is 4.83. The predicted octanol–water partition coefficient (Wildman–Crippen LogP) is 15.3. The molecule has 346 valence electrons. The Morgan fingerprint density at radius 1 is 0.475 bits per heavy atom. The van der Waals surface area contributed by atoms with E-state index in [1.807, 2.05) is 6.08 Å². The first-order chi connectivity index (χ1) is 29.0. The van der Waals surface area contributed by atoms with Crippen molar-refractivity contribution < 1.29 is 24.5 Å². The summed E-state index contributed by atoms with van der Waals surface area (Å²) in [5.41, 5.74) is 0. The molecular weight excluding hydrogens is 731 g/mol. The van der Waals surface area contributed by atoms with E-state index in [2.05, 4.69) is 43.5 Å². The molecule has 0 aromatic carbocycles. The first-order valence-corrected chi connectivity index (χ1v) is 25.8. The van der Waals surface area contributed by atoms with Gasteiger partial charge in [-0.05, 0) is 64.2 Å². The van der Waals surface area contributed by atoms with Crippen LogP contribution in [0.25, 0.3) is 0 Å². The van der Waals surface area contributed by atoms with Crippen LogP contribution in [-0.2, 0) is 14.3 Å². The van der Waals surface area contributed by atoms with E-state index in [1.165, 1.54) is 167 Å². The van der Waals surface area contributed by atoms with E-state index in [0.717, 1.165) is 70.6 Å². The van der Waals surface area contributed by atoms with Gasteiger partial charge in [0.15, 0.2) is 0 Å².